The topological polar surface area (TPSA) is 55.4 Å². The summed E-state index contributed by atoms with van der Waals surface area (Å²) in [7, 11) is -1.93. The zero-order valence-electron chi connectivity index (χ0n) is 18.9. The third-order valence-electron chi connectivity index (χ3n) is 5.83. The van der Waals surface area contributed by atoms with Gasteiger partial charge in [0.15, 0.2) is 5.72 Å². The third-order valence-corrected chi connectivity index (χ3v) is 6.42. The fourth-order valence-electron chi connectivity index (χ4n) is 4.24. The molecule has 0 spiro atoms. The lowest BCUT2D eigenvalue weighted by molar-refractivity contribution is 0.0364. The fourth-order valence-corrected chi connectivity index (χ4v) is 5.02. The average Bonchev–Trinajstić information content (AvgIpc) is 2.74. The van der Waals surface area contributed by atoms with Gasteiger partial charge < -0.3 is 0 Å². The van der Waals surface area contributed by atoms with Gasteiger partial charge in [-0.25, -0.2) is 4.18 Å². The van der Waals surface area contributed by atoms with Crippen LogP contribution in [0, 0.1) is 6.92 Å². The molecule has 166 valence electrons. The standard InChI is InChI=1S/C26H33NO3S/c1-5-6-11-21-15-16-22(25-14-8-7-13-24(21)25)17-18-26(27-3,30-31(4,28)29)23-12-9-10-20(2)19-23/h7-10,12-16,19,27H,5-6,11,17-18H2,1-4H3. The summed E-state index contributed by atoms with van der Waals surface area (Å²) in [6.07, 6.45) is 5.67. The highest BCUT2D eigenvalue weighted by Gasteiger charge is 2.35. The Hall–Kier alpha value is -2.21. The molecule has 1 atom stereocenters. The molecule has 0 amide bonds. The second kappa shape index (κ2) is 9.94. The van der Waals surface area contributed by atoms with E-state index in [1.807, 2.05) is 31.2 Å². The molecule has 3 aromatic carbocycles. The molecule has 1 N–H and O–H groups in total. The minimum atomic E-state index is -3.68. The molecular weight excluding hydrogens is 406 g/mol. The molecule has 5 heteroatoms. The second-order valence-corrected chi connectivity index (χ2v) is 9.84. The first-order chi connectivity index (χ1) is 14.8. The van der Waals surface area contributed by atoms with E-state index in [1.54, 1.807) is 7.05 Å². The quantitative estimate of drug-likeness (QED) is 0.336. The fraction of sp³-hybridized carbons (Fsp3) is 0.385. The smallest absolute Gasteiger partial charge is 0.266 e. The molecule has 0 aliphatic heterocycles. The maximum Gasteiger partial charge on any atom is 0.266 e. The molecule has 0 aliphatic carbocycles. The molecule has 1 unspecified atom stereocenters. The van der Waals surface area contributed by atoms with Crippen LogP contribution in [0.4, 0.5) is 0 Å². The predicted octanol–water partition coefficient (Wildman–Crippen LogP) is 5.47. The van der Waals surface area contributed by atoms with Gasteiger partial charge in [0.1, 0.15) is 0 Å². The van der Waals surface area contributed by atoms with Crippen LogP contribution in [-0.4, -0.2) is 21.7 Å². The van der Waals surface area contributed by atoms with Crippen molar-refractivity contribution < 1.29 is 12.6 Å². The Morgan fingerprint density at radius 1 is 0.935 bits per heavy atom. The number of benzene rings is 3. The molecule has 0 saturated heterocycles. The van der Waals surface area contributed by atoms with Gasteiger partial charge >= 0.3 is 0 Å². The maximum atomic E-state index is 12.2. The zero-order valence-corrected chi connectivity index (χ0v) is 19.8. The highest BCUT2D eigenvalue weighted by Crippen LogP contribution is 2.33. The van der Waals surface area contributed by atoms with Crippen LogP contribution < -0.4 is 5.32 Å². The number of nitrogens with one attached hydrogen (secondary N) is 1. The molecule has 0 aromatic heterocycles. The number of aryl methyl sites for hydroxylation is 3. The monoisotopic (exact) mass is 439 g/mol. The number of unbranched alkanes of at least 4 members (excludes halogenated alkanes) is 1. The van der Waals surface area contributed by atoms with E-state index in [0.717, 1.165) is 23.8 Å². The SMILES string of the molecule is CCCCc1ccc(CCC(NC)(OS(C)(=O)=O)c2cccc(C)c2)c2ccccc12. The molecule has 0 bridgehead atoms. The lowest BCUT2D eigenvalue weighted by atomic mass is 9.90. The highest BCUT2D eigenvalue weighted by molar-refractivity contribution is 7.86. The zero-order chi connectivity index (χ0) is 22.5. The Morgan fingerprint density at radius 3 is 2.13 bits per heavy atom. The van der Waals surface area contributed by atoms with E-state index < -0.39 is 15.8 Å². The van der Waals surface area contributed by atoms with Gasteiger partial charge in [0.2, 0.25) is 0 Å². The van der Waals surface area contributed by atoms with Crippen molar-refractivity contribution in [1.82, 2.24) is 5.32 Å². The van der Waals surface area contributed by atoms with Crippen molar-refractivity contribution in [2.75, 3.05) is 13.3 Å². The molecule has 0 aliphatic rings. The Kier molecular flexibility index (Phi) is 7.52. The van der Waals surface area contributed by atoms with E-state index in [-0.39, 0.29) is 0 Å². The van der Waals surface area contributed by atoms with Gasteiger partial charge in [-0.1, -0.05) is 79.6 Å². The maximum absolute atomic E-state index is 12.2. The van der Waals surface area contributed by atoms with Crippen molar-refractivity contribution in [1.29, 1.82) is 0 Å². The molecular formula is C26H33NO3S. The van der Waals surface area contributed by atoms with E-state index in [4.69, 9.17) is 4.18 Å². The van der Waals surface area contributed by atoms with E-state index in [9.17, 15) is 8.42 Å². The van der Waals surface area contributed by atoms with Crippen LogP contribution >= 0.6 is 0 Å². The highest BCUT2D eigenvalue weighted by atomic mass is 32.2. The van der Waals surface area contributed by atoms with E-state index >= 15 is 0 Å². The van der Waals surface area contributed by atoms with Gasteiger partial charge in [0.25, 0.3) is 10.1 Å². The second-order valence-electron chi connectivity index (χ2n) is 8.27. The van der Waals surface area contributed by atoms with Crippen molar-refractivity contribution in [3.63, 3.8) is 0 Å². The first kappa shape index (κ1) is 23.5. The normalized spacial score (nSPS) is 13.9. The Balaban J connectivity index is 1.99. The van der Waals surface area contributed by atoms with Crippen molar-refractivity contribution in [3.8, 4) is 0 Å². The van der Waals surface area contributed by atoms with Crippen LogP contribution in [0.5, 0.6) is 0 Å². The van der Waals surface area contributed by atoms with Crippen molar-refractivity contribution in [2.45, 2.75) is 51.7 Å². The summed E-state index contributed by atoms with van der Waals surface area (Å²) in [6.45, 7) is 4.20. The van der Waals surface area contributed by atoms with Crippen molar-refractivity contribution >= 4 is 20.9 Å². The third kappa shape index (κ3) is 5.73. The van der Waals surface area contributed by atoms with Crippen LogP contribution in [0.1, 0.15) is 48.4 Å². The first-order valence-corrected chi connectivity index (χ1v) is 12.8. The van der Waals surface area contributed by atoms with Crippen LogP contribution in [0.15, 0.2) is 60.7 Å². The van der Waals surface area contributed by atoms with Gasteiger partial charge in [0, 0.05) is 5.56 Å². The lowest BCUT2D eigenvalue weighted by Crippen LogP contribution is -2.44. The Morgan fingerprint density at radius 2 is 1.58 bits per heavy atom. The first-order valence-electron chi connectivity index (χ1n) is 10.9. The molecule has 0 fully saturated rings. The Bertz CT molecular complexity index is 1140. The molecule has 3 rings (SSSR count). The predicted molar refractivity (Wildman–Crippen MR) is 129 cm³/mol. The van der Waals surface area contributed by atoms with Gasteiger partial charge in [-0.05, 0) is 61.6 Å². The minimum absolute atomic E-state index is 0.484. The number of hydrogen-bond donors (Lipinski definition) is 1. The Labute approximate surface area is 186 Å². The van der Waals surface area contributed by atoms with Crippen LogP contribution in [-0.2, 0) is 32.9 Å². The largest absolute Gasteiger partial charge is 0.288 e. The molecule has 0 radical (unpaired) electrons. The van der Waals surface area contributed by atoms with E-state index in [0.29, 0.717) is 12.8 Å². The summed E-state index contributed by atoms with van der Waals surface area (Å²) in [5.41, 5.74) is 3.30. The summed E-state index contributed by atoms with van der Waals surface area (Å²) < 4.78 is 30.0. The summed E-state index contributed by atoms with van der Waals surface area (Å²) >= 11 is 0. The molecule has 4 nitrogen and oxygen atoms in total. The van der Waals surface area contributed by atoms with Crippen LogP contribution in [0.3, 0.4) is 0 Å². The van der Waals surface area contributed by atoms with E-state index in [1.165, 1.54) is 34.7 Å². The molecule has 0 saturated carbocycles. The van der Waals surface area contributed by atoms with Gasteiger partial charge in [-0.3, -0.25) is 5.32 Å². The van der Waals surface area contributed by atoms with E-state index in [2.05, 4.69) is 48.6 Å². The minimum Gasteiger partial charge on any atom is -0.288 e. The lowest BCUT2D eigenvalue weighted by Gasteiger charge is -2.33. The van der Waals surface area contributed by atoms with Gasteiger partial charge in [-0.2, -0.15) is 8.42 Å². The van der Waals surface area contributed by atoms with Gasteiger partial charge in [-0.15, -0.1) is 0 Å². The van der Waals surface area contributed by atoms with Crippen molar-refractivity contribution in [3.05, 3.63) is 82.9 Å². The molecule has 0 heterocycles. The van der Waals surface area contributed by atoms with Crippen LogP contribution in [0.25, 0.3) is 10.8 Å². The summed E-state index contributed by atoms with van der Waals surface area (Å²) in [5, 5.41) is 5.68. The summed E-state index contributed by atoms with van der Waals surface area (Å²) in [6, 6.07) is 20.7. The van der Waals surface area contributed by atoms with Gasteiger partial charge in [0.05, 0.1) is 6.26 Å². The number of hydrogen-bond acceptors (Lipinski definition) is 4. The number of rotatable bonds is 10. The van der Waals surface area contributed by atoms with Crippen LogP contribution in [0.2, 0.25) is 0 Å². The van der Waals surface area contributed by atoms with Crippen molar-refractivity contribution in [2.24, 2.45) is 0 Å². The molecule has 3 aromatic rings. The number of fused-ring (bicyclic) bond motifs is 1. The average molecular weight is 440 g/mol. The summed E-state index contributed by atoms with van der Waals surface area (Å²) in [5.74, 6) is 0. The summed E-state index contributed by atoms with van der Waals surface area (Å²) in [4.78, 5) is 0. The molecule has 31 heavy (non-hydrogen) atoms.